The molecule has 2 N–H and O–H groups in total. The van der Waals surface area contributed by atoms with Crippen molar-refractivity contribution in [3.63, 3.8) is 0 Å². The number of aryl methyl sites for hydroxylation is 1. The molecule has 1 unspecified atom stereocenters. The summed E-state index contributed by atoms with van der Waals surface area (Å²) >= 11 is 0. The number of alkyl halides is 2. The number of halogens is 2. The van der Waals surface area contributed by atoms with Crippen LogP contribution in [0.15, 0.2) is 35.0 Å². The van der Waals surface area contributed by atoms with Gasteiger partial charge in [0.1, 0.15) is 17.5 Å². The highest BCUT2D eigenvalue weighted by Gasteiger charge is 2.23. The van der Waals surface area contributed by atoms with Crippen molar-refractivity contribution in [2.75, 3.05) is 13.3 Å². The zero-order valence-electron chi connectivity index (χ0n) is 16.4. The lowest BCUT2D eigenvalue weighted by atomic mass is 9.90. The summed E-state index contributed by atoms with van der Waals surface area (Å²) < 4.78 is 34.2. The maximum absolute atomic E-state index is 13.5. The SMILES string of the molecule is Cc1nc2cccc(CC(CCCNCO)c3cc(C(F)F)nc4ncnn34)c2o1. The first-order valence-corrected chi connectivity index (χ1v) is 9.72. The monoisotopic (exact) mass is 416 g/mol. The highest BCUT2D eigenvalue weighted by molar-refractivity contribution is 5.76. The molecule has 0 amide bonds. The Balaban J connectivity index is 1.74. The number of oxazole rings is 1. The van der Waals surface area contributed by atoms with Gasteiger partial charge in [0.25, 0.3) is 12.2 Å². The largest absolute Gasteiger partial charge is 0.441 e. The van der Waals surface area contributed by atoms with Crippen LogP contribution in [0.3, 0.4) is 0 Å². The van der Waals surface area contributed by atoms with E-state index in [1.165, 1.54) is 16.9 Å². The first kappa shape index (κ1) is 20.3. The van der Waals surface area contributed by atoms with E-state index < -0.39 is 6.43 Å². The molecular formula is C20H22F2N6O2. The van der Waals surface area contributed by atoms with Gasteiger partial charge in [0.2, 0.25) is 0 Å². The van der Waals surface area contributed by atoms with Crippen molar-refractivity contribution in [1.29, 1.82) is 0 Å². The highest BCUT2D eigenvalue weighted by atomic mass is 19.3. The van der Waals surface area contributed by atoms with Gasteiger partial charge in [-0.05, 0) is 43.5 Å². The van der Waals surface area contributed by atoms with E-state index in [-0.39, 0.29) is 24.1 Å². The molecule has 1 aromatic carbocycles. The second-order valence-corrected chi connectivity index (χ2v) is 7.08. The van der Waals surface area contributed by atoms with E-state index in [0.29, 0.717) is 36.6 Å². The lowest BCUT2D eigenvalue weighted by Crippen LogP contribution is -2.18. The van der Waals surface area contributed by atoms with Crippen molar-refractivity contribution in [2.24, 2.45) is 0 Å². The lowest BCUT2D eigenvalue weighted by Gasteiger charge is -2.19. The van der Waals surface area contributed by atoms with Gasteiger partial charge in [-0.25, -0.2) is 23.3 Å². The van der Waals surface area contributed by atoms with E-state index >= 15 is 0 Å². The van der Waals surface area contributed by atoms with Gasteiger partial charge in [0.05, 0.1) is 12.4 Å². The summed E-state index contributed by atoms with van der Waals surface area (Å²) in [6.07, 6.45) is 0.568. The molecular weight excluding hydrogens is 394 g/mol. The van der Waals surface area contributed by atoms with Crippen LogP contribution in [0, 0.1) is 6.92 Å². The Labute approximate surface area is 171 Å². The molecule has 3 aromatic heterocycles. The number of aliphatic hydroxyl groups is 1. The summed E-state index contributed by atoms with van der Waals surface area (Å²) in [6, 6.07) is 7.15. The molecule has 1 atom stereocenters. The normalized spacial score (nSPS) is 13.0. The van der Waals surface area contributed by atoms with Crippen molar-refractivity contribution >= 4 is 16.9 Å². The Morgan fingerprint density at radius 2 is 2.13 bits per heavy atom. The molecule has 0 aliphatic rings. The standard InChI is InChI=1S/C20H22F2N6O2/c1-12-26-15-6-2-4-14(18(15)30-12)8-13(5-3-7-23-11-29)17-9-16(19(21)22)27-20-24-10-25-28(17)20/h2,4,6,9-10,13,19,23,29H,3,5,7-8,11H2,1H3. The zero-order chi connectivity index (χ0) is 21.1. The maximum atomic E-state index is 13.5. The number of benzene rings is 1. The summed E-state index contributed by atoms with van der Waals surface area (Å²) in [5.41, 5.74) is 2.70. The summed E-state index contributed by atoms with van der Waals surface area (Å²) in [7, 11) is 0. The van der Waals surface area contributed by atoms with Crippen LogP contribution in [-0.4, -0.2) is 42.9 Å². The number of rotatable bonds is 9. The molecule has 0 spiro atoms. The summed E-state index contributed by atoms with van der Waals surface area (Å²) in [6.45, 7) is 2.28. The van der Waals surface area contributed by atoms with Gasteiger partial charge >= 0.3 is 0 Å². The number of para-hydroxylation sites is 1. The van der Waals surface area contributed by atoms with Gasteiger partial charge < -0.3 is 9.52 Å². The van der Waals surface area contributed by atoms with E-state index in [1.807, 2.05) is 18.2 Å². The summed E-state index contributed by atoms with van der Waals surface area (Å²) in [5.74, 6) is 0.574. The van der Waals surface area contributed by atoms with Gasteiger partial charge in [-0.2, -0.15) is 10.1 Å². The third kappa shape index (κ3) is 4.14. The zero-order valence-corrected chi connectivity index (χ0v) is 16.4. The molecule has 3 heterocycles. The van der Waals surface area contributed by atoms with E-state index in [2.05, 4.69) is 25.4 Å². The Morgan fingerprint density at radius 1 is 1.27 bits per heavy atom. The van der Waals surface area contributed by atoms with Crippen molar-refractivity contribution in [3.05, 3.63) is 53.4 Å². The Morgan fingerprint density at radius 3 is 2.93 bits per heavy atom. The van der Waals surface area contributed by atoms with Gasteiger partial charge in [0.15, 0.2) is 11.5 Å². The van der Waals surface area contributed by atoms with Gasteiger partial charge in [-0.3, -0.25) is 5.32 Å². The number of nitrogens with one attached hydrogen (secondary N) is 1. The smallest absolute Gasteiger partial charge is 0.280 e. The van der Waals surface area contributed by atoms with Crippen molar-refractivity contribution in [1.82, 2.24) is 29.9 Å². The molecule has 0 aliphatic carbocycles. The minimum absolute atomic E-state index is 0.112. The first-order valence-electron chi connectivity index (χ1n) is 9.72. The molecule has 0 saturated heterocycles. The number of hydrogen-bond donors (Lipinski definition) is 2. The fourth-order valence-electron chi connectivity index (χ4n) is 3.71. The fourth-order valence-corrected chi connectivity index (χ4v) is 3.71. The fraction of sp³-hybridized carbons (Fsp3) is 0.400. The molecule has 0 radical (unpaired) electrons. The van der Waals surface area contributed by atoms with Crippen LogP contribution < -0.4 is 5.32 Å². The molecule has 0 aliphatic heterocycles. The molecule has 30 heavy (non-hydrogen) atoms. The molecule has 10 heteroatoms. The third-order valence-electron chi connectivity index (χ3n) is 5.03. The van der Waals surface area contributed by atoms with E-state index in [0.717, 1.165) is 17.5 Å². The molecule has 0 saturated carbocycles. The van der Waals surface area contributed by atoms with E-state index in [4.69, 9.17) is 9.52 Å². The van der Waals surface area contributed by atoms with Crippen LogP contribution in [0.25, 0.3) is 16.9 Å². The minimum Gasteiger partial charge on any atom is -0.441 e. The average molecular weight is 416 g/mol. The van der Waals surface area contributed by atoms with Crippen LogP contribution >= 0.6 is 0 Å². The molecule has 4 rings (SSSR count). The Hall–Kier alpha value is -2.98. The Bertz CT molecular complexity index is 1140. The molecule has 0 fully saturated rings. The number of nitrogens with zero attached hydrogens (tertiary/aromatic N) is 5. The number of aliphatic hydroxyl groups excluding tert-OH is 1. The number of aromatic nitrogens is 5. The Kier molecular flexibility index (Phi) is 5.96. The van der Waals surface area contributed by atoms with Crippen LogP contribution in [0.2, 0.25) is 0 Å². The molecule has 8 nitrogen and oxygen atoms in total. The van der Waals surface area contributed by atoms with Crippen LogP contribution in [0.1, 0.15) is 48.0 Å². The van der Waals surface area contributed by atoms with Crippen LogP contribution in [0.4, 0.5) is 8.78 Å². The predicted octanol–water partition coefficient (Wildman–Crippen LogP) is 3.16. The van der Waals surface area contributed by atoms with E-state index in [9.17, 15) is 8.78 Å². The van der Waals surface area contributed by atoms with Gasteiger partial charge in [0, 0.05) is 12.8 Å². The lowest BCUT2D eigenvalue weighted by molar-refractivity contribution is 0.146. The maximum Gasteiger partial charge on any atom is 0.280 e. The quantitative estimate of drug-likeness (QED) is 0.319. The first-order chi connectivity index (χ1) is 14.6. The van der Waals surface area contributed by atoms with Crippen molar-refractivity contribution in [3.8, 4) is 0 Å². The second-order valence-electron chi connectivity index (χ2n) is 7.08. The van der Waals surface area contributed by atoms with Crippen molar-refractivity contribution in [2.45, 2.75) is 38.5 Å². The van der Waals surface area contributed by atoms with Crippen LogP contribution in [-0.2, 0) is 6.42 Å². The average Bonchev–Trinajstić information content (AvgIpc) is 3.35. The molecule has 158 valence electrons. The van der Waals surface area contributed by atoms with E-state index in [1.54, 1.807) is 6.92 Å². The third-order valence-corrected chi connectivity index (χ3v) is 5.03. The number of hydrogen-bond acceptors (Lipinski definition) is 7. The number of fused-ring (bicyclic) bond motifs is 2. The minimum atomic E-state index is -2.71. The second kappa shape index (κ2) is 8.80. The van der Waals surface area contributed by atoms with Crippen molar-refractivity contribution < 1.29 is 18.3 Å². The predicted molar refractivity (Wildman–Crippen MR) is 105 cm³/mol. The summed E-state index contributed by atoms with van der Waals surface area (Å²) in [5, 5.41) is 16.0. The highest BCUT2D eigenvalue weighted by Crippen LogP contribution is 2.31. The summed E-state index contributed by atoms with van der Waals surface area (Å²) in [4.78, 5) is 12.3. The molecule has 0 bridgehead atoms. The topological polar surface area (TPSA) is 101 Å². The molecule has 4 aromatic rings. The van der Waals surface area contributed by atoms with Gasteiger partial charge in [-0.1, -0.05) is 12.1 Å². The van der Waals surface area contributed by atoms with Crippen LogP contribution in [0.5, 0.6) is 0 Å². The van der Waals surface area contributed by atoms with Gasteiger partial charge in [-0.15, -0.1) is 0 Å².